The highest BCUT2D eigenvalue weighted by molar-refractivity contribution is 4.85. The Morgan fingerprint density at radius 1 is 1.21 bits per heavy atom. The Labute approximate surface area is 88.1 Å². The smallest absolute Gasteiger partial charge is 0.0224 e. The van der Waals surface area contributed by atoms with E-state index < -0.39 is 0 Å². The van der Waals surface area contributed by atoms with Crippen LogP contribution in [-0.4, -0.2) is 36.6 Å². The van der Waals surface area contributed by atoms with Crippen molar-refractivity contribution in [2.45, 2.75) is 57.5 Å². The highest BCUT2D eigenvalue weighted by atomic mass is 15.2. The second-order valence-electron chi connectivity index (χ2n) is 4.80. The molecule has 2 nitrogen and oxygen atoms in total. The van der Waals surface area contributed by atoms with Crippen LogP contribution in [0.4, 0.5) is 0 Å². The third-order valence-electron chi connectivity index (χ3n) is 3.88. The van der Waals surface area contributed by atoms with E-state index in [-0.39, 0.29) is 0 Å². The third-order valence-corrected chi connectivity index (χ3v) is 3.88. The number of rotatable bonds is 2. The van der Waals surface area contributed by atoms with Crippen molar-refractivity contribution in [2.24, 2.45) is 0 Å². The Balaban J connectivity index is 1.91. The second kappa shape index (κ2) is 5.13. The minimum Gasteiger partial charge on any atom is -0.315 e. The van der Waals surface area contributed by atoms with Crippen LogP contribution in [0.15, 0.2) is 0 Å². The van der Waals surface area contributed by atoms with Crippen LogP contribution < -0.4 is 5.32 Å². The number of likely N-dealkylation sites (tertiary alicyclic amines) is 1. The summed E-state index contributed by atoms with van der Waals surface area (Å²) in [6.45, 7) is 6.17. The fraction of sp³-hybridized carbons (Fsp3) is 1.00. The van der Waals surface area contributed by atoms with Gasteiger partial charge in [0.25, 0.3) is 0 Å². The van der Waals surface area contributed by atoms with Gasteiger partial charge in [0.2, 0.25) is 0 Å². The molecule has 0 radical (unpaired) electrons. The molecule has 82 valence electrons. The van der Waals surface area contributed by atoms with Gasteiger partial charge >= 0.3 is 0 Å². The first-order chi connectivity index (χ1) is 6.92. The molecule has 0 spiro atoms. The quantitative estimate of drug-likeness (QED) is 0.727. The maximum atomic E-state index is 3.54. The summed E-state index contributed by atoms with van der Waals surface area (Å²) >= 11 is 0. The van der Waals surface area contributed by atoms with Crippen LogP contribution in [0.1, 0.15) is 45.4 Å². The lowest BCUT2D eigenvalue weighted by molar-refractivity contribution is 0.0771. The molecule has 2 saturated heterocycles. The van der Waals surface area contributed by atoms with Crippen molar-refractivity contribution >= 4 is 0 Å². The van der Waals surface area contributed by atoms with Gasteiger partial charge < -0.3 is 5.32 Å². The van der Waals surface area contributed by atoms with E-state index in [1.165, 1.54) is 58.2 Å². The summed E-state index contributed by atoms with van der Waals surface area (Å²) in [4.78, 5) is 2.79. The van der Waals surface area contributed by atoms with E-state index >= 15 is 0 Å². The van der Waals surface area contributed by atoms with Gasteiger partial charge in [0.05, 0.1) is 0 Å². The predicted octanol–water partition coefficient (Wildman–Crippen LogP) is 2.00. The molecule has 2 aliphatic heterocycles. The molecule has 2 heteroatoms. The summed E-state index contributed by atoms with van der Waals surface area (Å²) in [5.41, 5.74) is 0. The zero-order chi connectivity index (χ0) is 9.80. The molecule has 0 aromatic heterocycles. The SMILES string of the molecule is CC[C@@H]1CCCCN1[C@H]1CCCNC1. The highest BCUT2D eigenvalue weighted by Gasteiger charge is 2.28. The van der Waals surface area contributed by atoms with E-state index in [9.17, 15) is 0 Å². The average molecular weight is 196 g/mol. The fourth-order valence-electron chi connectivity index (χ4n) is 3.06. The lowest BCUT2D eigenvalue weighted by atomic mass is 9.95. The van der Waals surface area contributed by atoms with Gasteiger partial charge in [-0.25, -0.2) is 0 Å². The molecule has 0 bridgehead atoms. The maximum absolute atomic E-state index is 3.54. The standard InChI is InChI=1S/C12H24N2/c1-2-11-6-3-4-9-14(11)12-7-5-8-13-10-12/h11-13H,2-10H2,1H3/t11-,12+/m1/s1. The molecule has 2 atom stereocenters. The summed E-state index contributed by atoms with van der Waals surface area (Å²) in [6, 6.07) is 1.72. The summed E-state index contributed by atoms with van der Waals surface area (Å²) < 4.78 is 0. The molecular formula is C12H24N2. The number of hydrogen-bond acceptors (Lipinski definition) is 2. The molecule has 2 fully saturated rings. The molecule has 0 unspecified atom stereocenters. The van der Waals surface area contributed by atoms with Gasteiger partial charge in [0.15, 0.2) is 0 Å². The normalized spacial score (nSPS) is 35.8. The van der Waals surface area contributed by atoms with Crippen LogP contribution >= 0.6 is 0 Å². The molecule has 0 aliphatic carbocycles. The Morgan fingerprint density at radius 3 is 2.86 bits per heavy atom. The Bertz CT molecular complexity index is 164. The van der Waals surface area contributed by atoms with Crippen molar-refractivity contribution in [1.82, 2.24) is 10.2 Å². The summed E-state index contributed by atoms with van der Waals surface area (Å²) in [5, 5.41) is 3.54. The molecule has 0 saturated carbocycles. The maximum Gasteiger partial charge on any atom is 0.0224 e. The van der Waals surface area contributed by atoms with E-state index in [1.807, 2.05) is 0 Å². The Morgan fingerprint density at radius 2 is 2.14 bits per heavy atom. The predicted molar refractivity (Wildman–Crippen MR) is 60.5 cm³/mol. The van der Waals surface area contributed by atoms with E-state index in [4.69, 9.17) is 0 Å². The number of nitrogens with one attached hydrogen (secondary N) is 1. The highest BCUT2D eigenvalue weighted by Crippen LogP contribution is 2.24. The Hall–Kier alpha value is -0.0800. The molecule has 0 amide bonds. The van der Waals surface area contributed by atoms with E-state index in [2.05, 4.69) is 17.1 Å². The van der Waals surface area contributed by atoms with Gasteiger partial charge in [-0.2, -0.15) is 0 Å². The first-order valence-corrected chi connectivity index (χ1v) is 6.38. The van der Waals surface area contributed by atoms with Crippen LogP contribution in [0.25, 0.3) is 0 Å². The van der Waals surface area contributed by atoms with Crippen LogP contribution in [-0.2, 0) is 0 Å². The van der Waals surface area contributed by atoms with Gasteiger partial charge in [-0.3, -0.25) is 4.90 Å². The monoisotopic (exact) mass is 196 g/mol. The van der Waals surface area contributed by atoms with E-state index in [0.717, 1.165) is 12.1 Å². The van der Waals surface area contributed by atoms with Gasteiger partial charge in [0, 0.05) is 18.6 Å². The number of piperidine rings is 2. The van der Waals surface area contributed by atoms with Gasteiger partial charge in [-0.05, 0) is 45.2 Å². The van der Waals surface area contributed by atoms with Crippen molar-refractivity contribution < 1.29 is 0 Å². The average Bonchev–Trinajstić information content (AvgIpc) is 2.30. The largest absolute Gasteiger partial charge is 0.315 e. The molecular weight excluding hydrogens is 172 g/mol. The molecule has 2 aliphatic rings. The van der Waals surface area contributed by atoms with Crippen molar-refractivity contribution in [1.29, 1.82) is 0 Å². The summed E-state index contributed by atoms with van der Waals surface area (Å²) in [6.07, 6.45) is 8.45. The lowest BCUT2D eigenvalue weighted by Crippen LogP contribution is -2.52. The van der Waals surface area contributed by atoms with Crippen LogP contribution in [0.2, 0.25) is 0 Å². The molecule has 0 aromatic carbocycles. The van der Waals surface area contributed by atoms with Crippen molar-refractivity contribution in [3.63, 3.8) is 0 Å². The van der Waals surface area contributed by atoms with Gasteiger partial charge in [0.1, 0.15) is 0 Å². The topological polar surface area (TPSA) is 15.3 Å². The van der Waals surface area contributed by atoms with E-state index in [0.29, 0.717) is 0 Å². The number of nitrogens with zero attached hydrogens (tertiary/aromatic N) is 1. The first-order valence-electron chi connectivity index (χ1n) is 6.38. The fourth-order valence-corrected chi connectivity index (χ4v) is 3.06. The zero-order valence-electron chi connectivity index (χ0n) is 9.47. The van der Waals surface area contributed by atoms with Crippen molar-refractivity contribution in [2.75, 3.05) is 19.6 Å². The van der Waals surface area contributed by atoms with Gasteiger partial charge in [-0.1, -0.05) is 13.3 Å². The Kier molecular flexibility index (Phi) is 3.82. The molecule has 2 rings (SSSR count). The van der Waals surface area contributed by atoms with Crippen molar-refractivity contribution in [3.8, 4) is 0 Å². The summed E-state index contributed by atoms with van der Waals surface area (Å²) in [5.74, 6) is 0. The second-order valence-corrected chi connectivity index (χ2v) is 4.80. The van der Waals surface area contributed by atoms with Crippen LogP contribution in [0.3, 0.4) is 0 Å². The van der Waals surface area contributed by atoms with Crippen LogP contribution in [0.5, 0.6) is 0 Å². The minimum atomic E-state index is 0.842. The molecule has 2 heterocycles. The summed E-state index contributed by atoms with van der Waals surface area (Å²) in [7, 11) is 0. The molecule has 0 aromatic rings. The van der Waals surface area contributed by atoms with Gasteiger partial charge in [-0.15, -0.1) is 0 Å². The van der Waals surface area contributed by atoms with Crippen LogP contribution in [0, 0.1) is 0 Å². The minimum absolute atomic E-state index is 0.842. The number of hydrogen-bond donors (Lipinski definition) is 1. The first kappa shape index (κ1) is 10.4. The molecule has 14 heavy (non-hydrogen) atoms. The van der Waals surface area contributed by atoms with E-state index in [1.54, 1.807) is 0 Å². The van der Waals surface area contributed by atoms with Crippen molar-refractivity contribution in [3.05, 3.63) is 0 Å². The lowest BCUT2D eigenvalue weighted by Gasteiger charge is -2.42. The molecule has 1 N–H and O–H groups in total. The zero-order valence-corrected chi connectivity index (χ0v) is 9.47. The third kappa shape index (κ3) is 2.29.